The molecule has 1 saturated heterocycles. The second-order valence-electron chi connectivity index (χ2n) is 5.47. The molecule has 1 aliphatic heterocycles. The molecule has 0 aromatic carbocycles. The summed E-state index contributed by atoms with van der Waals surface area (Å²) in [6.07, 6.45) is 1.93. The average Bonchev–Trinajstić information content (AvgIpc) is 2.48. The average molecular weight is 317 g/mol. The summed E-state index contributed by atoms with van der Waals surface area (Å²) in [6.45, 7) is 19.8. The molecule has 0 N–H and O–H groups in total. The Hall–Kier alpha value is -0.0551. The van der Waals surface area contributed by atoms with Crippen LogP contribution in [0, 0.1) is 0 Å². The van der Waals surface area contributed by atoms with E-state index in [4.69, 9.17) is 9.31 Å². The highest BCUT2D eigenvalue weighted by Gasteiger charge is 2.51. The number of hydrogen-bond acceptors (Lipinski definition) is 2. The van der Waals surface area contributed by atoms with Crippen LogP contribution in [0.1, 0.15) is 54.4 Å². The van der Waals surface area contributed by atoms with Gasteiger partial charge in [-0.25, -0.2) is 0 Å². The van der Waals surface area contributed by atoms with Crippen LogP contribution in [0.15, 0.2) is 23.1 Å². The van der Waals surface area contributed by atoms with Crippen LogP contribution in [0.5, 0.6) is 0 Å². The van der Waals surface area contributed by atoms with E-state index in [9.17, 15) is 0 Å². The fourth-order valence-corrected chi connectivity index (χ4v) is 1.18. The fraction of sp³-hybridized carbons (Fsp3) is 0.714. The van der Waals surface area contributed by atoms with Gasteiger partial charge < -0.3 is 9.31 Å². The van der Waals surface area contributed by atoms with Crippen molar-refractivity contribution in [1.29, 1.82) is 0 Å². The zero-order valence-corrected chi connectivity index (χ0v) is 14.2. The molecule has 0 atom stereocenters. The summed E-state index contributed by atoms with van der Waals surface area (Å²) in [7, 11) is -0.227. The van der Waals surface area contributed by atoms with Crippen molar-refractivity contribution in [3.63, 3.8) is 0 Å². The lowest BCUT2D eigenvalue weighted by Crippen LogP contribution is -2.41. The maximum Gasteiger partial charge on any atom is 0.489 e. The van der Waals surface area contributed by atoms with Crippen molar-refractivity contribution in [3.05, 3.63) is 23.1 Å². The van der Waals surface area contributed by atoms with Crippen LogP contribution in [0.4, 0.5) is 0 Å². The maximum absolute atomic E-state index is 5.79. The second kappa shape index (κ2) is 6.92. The molecule has 2 nitrogen and oxygen atoms in total. The summed E-state index contributed by atoms with van der Waals surface area (Å²) >= 11 is 3.18. The first-order valence-corrected chi connectivity index (χ1v) is 7.23. The minimum absolute atomic E-state index is 0.227. The third-order valence-electron chi connectivity index (χ3n) is 3.42. The van der Waals surface area contributed by atoms with Crippen LogP contribution in [0.2, 0.25) is 0 Å². The van der Waals surface area contributed by atoms with Crippen LogP contribution in [-0.4, -0.2) is 18.3 Å². The molecule has 0 saturated carbocycles. The van der Waals surface area contributed by atoms with Crippen molar-refractivity contribution in [2.24, 2.45) is 0 Å². The number of allylic oxidation sites excluding steroid dienone is 2. The topological polar surface area (TPSA) is 18.5 Å². The second-order valence-corrected chi connectivity index (χ2v) is 6.59. The van der Waals surface area contributed by atoms with Crippen molar-refractivity contribution in [2.45, 2.75) is 65.6 Å². The lowest BCUT2D eigenvalue weighted by Gasteiger charge is -2.32. The van der Waals surface area contributed by atoms with Crippen LogP contribution < -0.4 is 0 Å². The molecule has 4 heteroatoms. The quantitative estimate of drug-likeness (QED) is 0.690. The SMILES string of the molecule is C=C(Br)CC.C=C(CC)B1OC(C)(C)C(C)(C)O1. The number of hydrogen-bond donors (Lipinski definition) is 0. The molecule has 1 heterocycles. The maximum atomic E-state index is 5.79. The summed E-state index contributed by atoms with van der Waals surface area (Å²) in [4.78, 5) is 0. The standard InChI is InChI=1S/C10H19BO2.C4H7Br/c1-7-8(2)11-12-9(3,4)10(5,6)13-11;1-3-4(2)5/h2,7H2,1,3-6H3;2-3H2,1H3. The molecular weight excluding hydrogens is 291 g/mol. The van der Waals surface area contributed by atoms with E-state index in [0.29, 0.717) is 0 Å². The van der Waals surface area contributed by atoms with Gasteiger partial charge in [0.25, 0.3) is 0 Å². The van der Waals surface area contributed by atoms with Crippen LogP contribution >= 0.6 is 15.9 Å². The highest BCUT2D eigenvalue weighted by molar-refractivity contribution is 9.11. The van der Waals surface area contributed by atoms with Gasteiger partial charge in [-0.2, -0.15) is 0 Å². The van der Waals surface area contributed by atoms with E-state index in [1.54, 1.807) is 0 Å². The van der Waals surface area contributed by atoms with Gasteiger partial charge in [-0.05, 0) is 50.5 Å². The minimum atomic E-state index is -0.240. The fourth-order valence-electron chi connectivity index (χ4n) is 1.18. The third-order valence-corrected chi connectivity index (χ3v) is 3.99. The molecule has 0 bridgehead atoms. The van der Waals surface area contributed by atoms with E-state index < -0.39 is 0 Å². The van der Waals surface area contributed by atoms with Gasteiger partial charge in [-0.15, -0.1) is 6.58 Å². The molecule has 0 spiro atoms. The van der Waals surface area contributed by atoms with E-state index >= 15 is 0 Å². The van der Waals surface area contributed by atoms with Gasteiger partial charge in [0, 0.05) is 0 Å². The van der Waals surface area contributed by atoms with E-state index in [0.717, 1.165) is 22.8 Å². The first kappa shape index (κ1) is 17.9. The molecule has 0 aromatic rings. The van der Waals surface area contributed by atoms with Gasteiger partial charge in [0.15, 0.2) is 0 Å². The zero-order valence-electron chi connectivity index (χ0n) is 12.6. The lowest BCUT2D eigenvalue weighted by molar-refractivity contribution is 0.00578. The Morgan fingerprint density at radius 3 is 1.56 bits per heavy atom. The van der Waals surface area contributed by atoms with Gasteiger partial charge in [-0.3, -0.25) is 0 Å². The van der Waals surface area contributed by atoms with Gasteiger partial charge >= 0.3 is 7.12 Å². The molecule has 0 aromatic heterocycles. The Labute approximate surface area is 121 Å². The van der Waals surface area contributed by atoms with Gasteiger partial charge in [-0.1, -0.05) is 36.4 Å². The zero-order chi connectivity index (χ0) is 14.6. The molecule has 0 aliphatic carbocycles. The van der Waals surface area contributed by atoms with Crippen molar-refractivity contribution < 1.29 is 9.31 Å². The van der Waals surface area contributed by atoms with Crippen molar-refractivity contribution in [3.8, 4) is 0 Å². The molecule has 1 rings (SSSR count). The van der Waals surface area contributed by atoms with Gasteiger partial charge in [0.05, 0.1) is 11.2 Å². The summed E-state index contributed by atoms with van der Waals surface area (Å²) < 4.78 is 12.7. The summed E-state index contributed by atoms with van der Waals surface area (Å²) in [5, 5.41) is 0. The Morgan fingerprint density at radius 1 is 1.00 bits per heavy atom. The first-order valence-electron chi connectivity index (χ1n) is 6.44. The van der Waals surface area contributed by atoms with Crippen LogP contribution in [0.25, 0.3) is 0 Å². The van der Waals surface area contributed by atoms with Crippen LogP contribution in [0.3, 0.4) is 0 Å². The normalized spacial score (nSPS) is 20.1. The molecular formula is C14H26BBrO2. The molecule has 104 valence electrons. The first-order chi connectivity index (χ1) is 8.07. The van der Waals surface area contributed by atoms with Gasteiger partial charge in [0.1, 0.15) is 0 Å². The Bertz CT molecular complexity index is 295. The third kappa shape index (κ3) is 4.91. The van der Waals surface area contributed by atoms with Crippen molar-refractivity contribution >= 4 is 23.0 Å². The highest BCUT2D eigenvalue weighted by atomic mass is 79.9. The smallest absolute Gasteiger partial charge is 0.400 e. The lowest BCUT2D eigenvalue weighted by atomic mass is 9.78. The molecule has 1 fully saturated rings. The summed E-state index contributed by atoms with van der Waals surface area (Å²) in [5.74, 6) is 0. The monoisotopic (exact) mass is 316 g/mol. The van der Waals surface area contributed by atoms with E-state index in [-0.39, 0.29) is 18.3 Å². The largest absolute Gasteiger partial charge is 0.489 e. The Morgan fingerprint density at radius 2 is 1.33 bits per heavy atom. The predicted molar refractivity (Wildman–Crippen MR) is 83.9 cm³/mol. The predicted octanol–water partition coefficient (Wildman–Crippen LogP) is 4.89. The van der Waals surface area contributed by atoms with E-state index in [1.165, 1.54) is 0 Å². The summed E-state index contributed by atoms with van der Waals surface area (Å²) in [6, 6.07) is 0. The van der Waals surface area contributed by atoms with Gasteiger partial charge in [0.2, 0.25) is 0 Å². The van der Waals surface area contributed by atoms with Crippen molar-refractivity contribution in [1.82, 2.24) is 0 Å². The number of rotatable bonds is 3. The minimum Gasteiger partial charge on any atom is -0.400 e. The highest BCUT2D eigenvalue weighted by Crippen LogP contribution is 2.38. The Balaban J connectivity index is 0.000000494. The molecule has 0 amide bonds. The van der Waals surface area contributed by atoms with E-state index in [2.05, 4.69) is 70.6 Å². The number of halogens is 1. The molecule has 0 radical (unpaired) electrons. The molecule has 0 unspecified atom stereocenters. The van der Waals surface area contributed by atoms with Crippen LogP contribution in [-0.2, 0) is 9.31 Å². The molecule has 1 aliphatic rings. The summed E-state index contributed by atoms with van der Waals surface area (Å²) in [5.41, 5.74) is 0.532. The Kier molecular flexibility index (Phi) is 6.90. The van der Waals surface area contributed by atoms with E-state index in [1.807, 2.05) is 0 Å². The van der Waals surface area contributed by atoms with Crippen molar-refractivity contribution in [2.75, 3.05) is 0 Å². The molecule has 18 heavy (non-hydrogen) atoms.